The predicted molar refractivity (Wildman–Crippen MR) is 83.7 cm³/mol. The summed E-state index contributed by atoms with van der Waals surface area (Å²) >= 11 is 3.41. The molecule has 0 bridgehead atoms. The molecule has 2 aromatic carbocycles. The second-order valence-electron chi connectivity index (χ2n) is 4.44. The molecule has 0 aliphatic rings. The number of hydrogen-bond acceptors (Lipinski definition) is 3. The van der Waals surface area contributed by atoms with Crippen LogP contribution in [0.1, 0.15) is 5.56 Å². The van der Waals surface area contributed by atoms with Crippen molar-refractivity contribution in [1.82, 2.24) is 0 Å². The van der Waals surface area contributed by atoms with Crippen LogP contribution in [0.5, 0.6) is 0 Å². The maximum absolute atomic E-state index is 11.1. The molecule has 2 aromatic rings. The van der Waals surface area contributed by atoms with Gasteiger partial charge in [0.15, 0.2) is 0 Å². The lowest BCUT2D eigenvalue weighted by Crippen LogP contribution is -2.29. The third-order valence-electron chi connectivity index (χ3n) is 2.87. The first-order valence-corrected chi connectivity index (χ1v) is 6.91. The lowest BCUT2D eigenvalue weighted by atomic mass is 10.2. The first kappa shape index (κ1) is 14.4. The normalized spacial score (nSPS) is 10.2. The molecule has 0 aromatic heterocycles. The van der Waals surface area contributed by atoms with Crippen LogP contribution in [-0.4, -0.2) is 17.6 Å². The highest BCUT2D eigenvalue weighted by Gasteiger charge is 2.13. The van der Waals surface area contributed by atoms with E-state index in [9.17, 15) is 4.79 Å². The summed E-state index contributed by atoms with van der Waals surface area (Å²) in [5.74, 6) is -0.886. The fourth-order valence-corrected chi connectivity index (χ4v) is 2.47. The molecule has 0 fully saturated rings. The molecule has 0 unspecified atom stereocenters. The Balaban J connectivity index is 2.29. The Morgan fingerprint density at radius 1 is 1.20 bits per heavy atom. The van der Waals surface area contributed by atoms with Gasteiger partial charge in [0, 0.05) is 11.0 Å². The van der Waals surface area contributed by atoms with E-state index in [4.69, 9.17) is 10.8 Å². The number of halogens is 1. The molecule has 5 heteroatoms. The van der Waals surface area contributed by atoms with Crippen molar-refractivity contribution >= 4 is 33.3 Å². The summed E-state index contributed by atoms with van der Waals surface area (Å²) in [6.07, 6.45) is 0. The molecule has 0 radical (unpaired) electrons. The van der Waals surface area contributed by atoms with Crippen molar-refractivity contribution in [1.29, 1.82) is 0 Å². The molecule has 4 nitrogen and oxygen atoms in total. The third kappa shape index (κ3) is 3.74. The van der Waals surface area contributed by atoms with E-state index in [1.54, 1.807) is 11.0 Å². The molecule has 3 N–H and O–H groups in total. The van der Waals surface area contributed by atoms with Crippen molar-refractivity contribution in [2.45, 2.75) is 6.54 Å². The van der Waals surface area contributed by atoms with Gasteiger partial charge in [-0.3, -0.25) is 4.79 Å². The van der Waals surface area contributed by atoms with E-state index in [0.29, 0.717) is 12.2 Å². The molecule has 0 heterocycles. The molecule has 0 atom stereocenters. The predicted octanol–water partition coefficient (Wildman–Crippen LogP) is 3.12. The van der Waals surface area contributed by atoms with Gasteiger partial charge in [0.25, 0.3) is 0 Å². The summed E-state index contributed by atoms with van der Waals surface area (Å²) in [4.78, 5) is 12.8. The highest BCUT2D eigenvalue weighted by molar-refractivity contribution is 9.10. The maximum Gasteiger partial charge on any atom is 0.323 e. The number of nitrogens with zero attached hydrogens (tertiary/aromatic N) is 1. The highest BCUT2D eigenvalue weighted by Crippen LogP contribution is 2.24. The van der Waals surface area contributed by atoms with Gasteiger partial charge in [-0.15, -0.1) is 0 Å². The van der Waals surface area contributed by atoms with E-state index < -0.39 is 5.97 Å². The minimum atomic E-state index is -0.886. The van der Waals surface area contributed by atoms with Crippen LogP contribution in [0.2, 0.25) is 0 Å². The van der Waals surface area contributed by atoms with Gasteiger partial charge in [0.2, 0.25) is 0 Å². The van der Waals surface area contributed by atoms with Crippen LogP contribution in [0.4, 0.5) is 11.4 Å². The zero-order valence-corrected chi connectivity index (χ0v) is 12.4. The Bertz CT molecular complexity index is 616. The van der Waals surface area contributed by atoms with Gasteiger partial charge < -0.3 is 15.7 Å². The van der Waals surface area contributed by atoms with Gasteiger partial charge in [-0.05, 0) is 29.8 Å². The SMILES string of the molecule is Nc1ccccc1N(CC(=O)O)Cc1cccc(Br)c1. The first-order valence-electron chi connectivity index (χ1n) is 6.12. The number of anilines is 2. The monoisotopic (exact) mass is 334 g/mol. The van der Waals surface area contributed by atoms with Crippen LogP contribution in [0, 0.1) is 0 Å². The molecule has 0 amide bonds. The van der Waals surface area contributed by atoms with E-state index in [0.717, 1.165) is 15.7 Å². The van der Waals surface area contributed by atoms with Crippen molar-refractivity contribution in [2.24, 2.45) is 0 Å². The lowest BCUT2D eigenvalue weighted by Gasteiger charge is -2.24. The van der Waals surface area contributed by atoms with Gasteiger partial charge in [0.05, 0.1) is 11.4 Å². The van der Waals surface area contributed by atoms with Crippen molar-refractivity contribution in [3.63, 3.8) is 0 Å². The largest absolute Gasteiger partial charge is 0.480 e. The number of benzene rings is 2. The summed E-state index contributed by atoms with van der Waals surface area (Å²) in [5.41, 5.74) is 8.26. The van der Waals surface area contributed by atoms with E-state index in [1.807, 2.05) is 42.5 Å². The van der Waals surface area contributed by atoms with Gasteiger partial charge in [-0.1, -0.05) is 40.2 Å². The average molecular weight is 335 g/mol. The Morgan fingerprint density at radius 2 is 1.95 bits per heavy atom. The maximum atomic E-state index is 11.1. The smallest absolute Gasteiger partial charge is 0.323 e. The number of carboxylic acid groups (broad SMARTS) is 1. The van der Waals surface area contributed by atoms with Crippen LogP contribution < -0.4 is 10.6 Å². The number of nitrogen functional groups attached to an aromatic ring is 1. The summed E-state index contributed by atoms with van der Waals surface area (Å²) < 4.78 is 0.964. The summed E-state index contributed by atoms with van der Waals surface area (Å²) in [5, 5.41) is 9.08. The molecule has 0 aliphatic heterocycles. The van der Waals surface area contributed by atoms with Crippen LogP contribution in [0.25, 0.3) is 0 Å². The fourth-order valence-electron chi connectivity index (χ4n) is 2.02. The molecular formula is C15H15BrN2O2. The molecule has 0 spiro atoms. The van der Waals surface area contributed by atoms with Crippen molar-refractivity contribution in [3.8, 4) is 0 Å². The molecule has 104 valence electrons. The standard InChI is InChI=1S/C15H15BrN2O2/c16-12-5-3-4-11(8-12)9-18(10-15(19)20)14-7-2-1-6-13(14)17/h1-8H,9-10,17H2,(H,19,20). The van der Waals surface area contributed by atoms with E-state index in [-0.39, 0.29) is 6.54 Å². The number of carbonyl (C=O) groups is 1. The van der Waals surface area contributed by atoms with Crippen LogP contribution in [0.15, 0.2) is 53.0 Å². The molecule has 0 aliphatic carbocycles. The van der Waals surface area contributed by atoms with Gasteiger partial charge in [-0.2, -0.15) is 0 Å². The number of aliphatic carboxylic acids is 1. The van der Waals surface area contributed by atoms with E-state index in [2.05, 4.69) is 15.9 Å². The summed E-state index contributed by atoms with van der Waals surface area (Å²) in [6, 6.07) is 15.1. The zero-order chi connectivity index (χ0) is 14.5. The summed E-state index contributed by atoms with van der Waals surface area (Å²) in [7, 11) is 0. The lowest BCUT2D eigenvalue weighted by molar-refractivity contribution is -0.135. The second kappa shape index (κ2) is 6.43. The number of para-hydroxylation sites is 2. The Hall–Kier alpha value is -2.01. The molecule has 0 saturated carbocycles. The van der Waals surface area contributed by atoms with Crippen molar-refractivity contribution < 1.29 is 9.90 Å². The van der Waals surface area contributed by atoms with Crippen molar-refractivity contribution in [2.75, 3.05) is 17.2 Å². The topological polar surface area (TPSA) is 66.6 Å². The zero-order valence-electron chi connectivity index (χ0n) is 10.8. The number of carboxylic acids is 1. The minimum Gasteiger partial charge on any atom is -0.480 e. The molecule has 0 saturated heterocycles. The van der Waals surface area contributed by atoms with Crippen LogP contribution in [0.3, 0.4) is 0 Å². The first-order chi connectivity index (χ1) is 9.56. The Morgan fingerprint density at radius 3 is 2.60 bits per heavy atom. The van der Waals surface area contributed by atoms with Crippen LogP contribution in [-0.2, 0) is 11.3 Å². The Kier molecular flexibility index (Phi) is 4.63. The quantitative estimate of drug-likeness (QED) is 0.824. The number of nitrogens with two attached hydrogens (primary N) is 1. The minimum absolute atomic E-state index is 0.0965. The average Bonchev–Trinajstić information content (AvgIpc) is 2.38. The molecule has 2 rings (SSSR count). The third-order valence-corrected chi connectivity index (χ3v) is 3.36. The van der Waals surface area contributed by atoms with Gasteiger partial charge >= 0.3 is 5.97 Å². The number of rotatable bonds is 5. The number of hydrogen-bond donors (Lipinski definition) is 2. The molecule has 20 heavy (non-hydrogen) atoms. The summed E-state index contributed by atoms with van der Waals surface area (Å²) in [6.45, 7) is 0.390. The van der Waals surface area contributed by atoms with Gasteiger partial charge in [-0.25, -0.2) is 0 Å². The Labute approximate surface area is 126 Å². The second-order valence-corrected chi connectivity index (χ2v) is 5.35. The molecular weight excluding hydrogens is 320 g/mol. The van der Waals surface area contributed by atoms with Crippen molar-refractivity contribution in [3.05, 3.63) is 58.6 Å². The highest BCUT2D eigenvalue weighted by atomic mass is 79.9. The van der Waals surface area contributed by atoms with Gasteiger partial charge in [0.1, 0.15) is 6.54 Å². The van der Waals surface area contributed by atoms with E-state index >= 15 is 0 Å². The van der Waals surface area contributed by atoms with E-state index in [1.165, 1.54) is 0 Å². The fraction of sp³-hybridized carbons (Fsp3) is 0.133. The van der Waals surface area contributed by atoms with Crippen LogP contribution >= 0.6 is 15.9 Å².